The molecule has 1 aromatic carbocycles. The van der Waals surface area contributed by atoms with Gasteiger partial charge >= 0.3 is 0 Å². The molecular weight excluding hydrogens is 220 g/mol. The maximum Gasteiger partial charge on any atom is 0.0435 e. The summed E-state index contributed by atoms with van der Waals surface area (Å²) in [6, 6.07) is 11.0. The number of nitrogens with zero attached hydrogens (tertiary/aromatic N) is 2. The van der Waals surface area contributed by atoms with Gasteiger partial charge in [-0.1, -0.05) is 43.2 Å². The highest BCUT2D eigenvalue weighted by molar-refractivity contribution is 5.88. The minimum absolute atomic E-state index is 0.686. The normalized spacial score (nSPS) is 28.3. The first-order valence-corrected chi connectivity index (χ1v) is 7.18. The topological polar surface area (TPSA) is 15.6 Å². The molecule has 0 bridgehead atoms. The van der Waals surface area contributed by atoms with Crippen molar-refractivity contribution in [2.24, 2.45) is 11.0 Å². The second-order valence-corrected chi connectivity index (χ2v) is 5.63. The van der Waals surface area contributed by atoms with Gasteiger partial charge in [-0.05, 0) is 24.3 Å². The number of benzene rings is 1. The molecular formula is C16H22N2. The Kier molecular flexibility index (Phi) is 3.35. The fourth-order valence-corrected chi connectivity index (χ4v) is 3.48. The zero-order chi connectivity index (χ0) is 12.4. The number of hydrazone groups is 1. The molecule has 2 aliphatic rings. The molecule has 1 aromatic rings. The first-order chi connectivity index (χ1) is 8.84. The summed E-state index contributed by atoms with van der Waals surface area (Å²) in [6.07, 6.45) is 6.57. The molecule has 0 radical (unpaired) electrons. The van der Waals surface area contributed by atoms with E-state index in [0.29, 0.717) is 11.8 Å². The Labute approximate surface area is 110 Å². The molecule has 96 valence electrons. The van der Waals surface area contributed by atoms with E-state index in [1.165, 1.54) is 43.4 Å². The monoisotopic (exact) mass is 242 g/mol. The second kappa shape index (κ2) is 5.13. The molecule has 1 fully saturated rings. The van der Waals surface area contributed by atoms with Gasteiger partial charge in [0.2, 0.25) is 0 Å². The molecule has 18 heavy (non-hydrogen) atoms. The zero-order valence-electron chi connectivity index (χ0n) is 11.2. The molecule has 0 saturated heterocycles. The molecule has 2 heteroatoms. The average molecular weight is 242 g/mol. The van der Waals surface area contributed by atoms with Crippen molar-refractivity contribution in [1.82, 2.24) is 5.01 Å². The lowest BCUT2D eigenvalue weighted by Gasteiger charge is -2.31. The van der Waals surface area contributed by atoms with Crippen LogP contribution < -0.4 is 0 Å². The van der Waals surface area contributed by atoms with Crippen LogP contribution in [0.2, 0.25) is 0 Å². The Hall–Kier alpha value is -1.31. The molecule has 1 saturated carbocycles. The number of rotatable bonds is 2. The van der Waals surface area contributed by atoms with Crippen molar-refractivity contribution in [3.05, 3.63) is 35.9 Å². The molecule has 0 spiro atoms. The number of hydrogen-bond donors (Lipinski definition) is 0. The van der Waals surface area contributed by atoms with Crippen LogP contribution in [0.5, 0.6) is 0 Å². The quantitative estimate of drug-likeness (QED) is 0.773. The Morgan fingerprint density at radius 3 is 2.44 bits per heavy atom. The van der Waals surface area contributed by atoms with Crippen molar-refractivity contribution in [3.63, 3.8) is 0 Å². The van der Waals surface area contributed by atoms with Crippen LogP contribution in [-0.2, 0) is 0 Å². The lowest BCUT2D eigenvalue weighted by molar-refractivity contribution is 0.374. The van der Waals surface area contributed by atoms with Gasteiger partial charge in [0.15, 0.2) is 0 Å². The summed E-state index contributed by atoms with van der Waals surface area (Å²) in [5.74, 6) is 1.39. The van der Waals surface area contributed by atoms with Crippen LogP contribution in [0, 0.1) is 5.92 Å². The maximum atomic E-state index is 4.74. The summed E-state index contributed by atoms with van der Waals surface area (Å²) in [7, 11) is 2.09. The molecule has 0 N–H and O–H groups in total. The van der Waals surface area contributed by atoms with Crippen LogP contribution in [0.4, 0.5) is 0 Å². The lowest BCUT2D eigenvalue weighted by atomic mass is 9.73. The van der Waals surface area contributed by atoms with Crippen molar-refractivity contribution in [2.45, 2.75) is 38.0 Å². The van der Waals surface area contributed by atoms with Crippen LogP contribution in [0.1, 0.15) is 43.6 Å². The van der Waals surface area contributed by atoms with E-state index in [1.807, 2.05) is 0 Å². The standard InChI is InChI=1S/C16H22N2/c1-18-12-11-16(17-18)15-10-6-5-9-14(15)13-7-3-2-4-8-13/h2-4,7-8,14-15H,5-6,9-12H2,1H3. The molecule has 0 amide bonds. The highest BCUT2D eigenvalue weighted by Crippen LogP contribution is 2.39. The van der Waals surface area contributed by atoms with Gasteiger partial charge in [0.1, 0.15) is 0 Å². The smallest absolute Gasteiger partial charge is 0.0435 e. The van der Waals surface area contributed by atoms with Gasteiger partial charge in [-0.25, -0.2) is 0 Å². The Morgan fingerprint density at radius 1 is 1.06 bits per heavy atom. The maximum absolute atomic E-state index is 4.74. The van der Waals surface area contributed by atoms with E-state index in [0.717, 1.165) is 6.54 Å². The Morgan fingerprint density at radius 2 is 1.78 bits per heavy atom. The van der Waals surface area contributed by atoms with Gasteiger partial charge in [0.25, 0.3) is 0 Å². The van der Waals surface area contributed by atoms with Crippen LogP contribution in [0.25, 0.3) is 0 Å². The van der Waals surface area contributed by atoms with Crippen molar-refractivity contribution >= 4 is 5.71 Å². The van der Waals surface area contributed by atoms with Crippen molar-refractivity contribution in [2.75, 3.05) is 13.6 Å². The third-order valence-corrected chi connectivity index (χ3v) is 4.41. The molecule has 1 heterocycles. The van der Waals surface area contributed by atoms with Gasteiger partial charge in [-0.3, -0.25) is 5.01 Å². The van der Waals surface area contributed by atoms with E-state index in [-0.39, 0.29) is 0 Å². The Balaban J connectivity index is 1.85. The number of hydrogen-bond acceptors (Lipinski definition) is 2. The zero-order valence-corrected chi connectivity index (χ0v) is 11.2. The minimum Gasteiger partial charge on any atom is -0.300 e. The van der Waals surface area contributed by atoms with Crippen LogP contribution >= 0.6 is 0 Å². The summed E-state index contributed by atoms with van der Waals surface area (Å²) in [5, 5.41) is 6.84. The van der Waals surface area contributed by atoms with Crippen molar-refractivity contribution < 1.29 is 0 Å². The first-order valence-electron chi connectivity index (χ1n) is 7.18. The summed E-state index contributed by atoms with van der Waals surface area (Å²) in [6.45, 7) is 1.10. The average Bonchev–Trinajstić information content (AvgIpc) is 2.86. The van der Waals surface area contributed by atoms with E-state index in [2.05, 4.69) is 42.4 Å². The first kappa shape index (κ1) is 11.8. The molecule has 0 aromatic heterocycles. The summed E-state index contributed by atoms with van der Waals surface area (Å²) >= 11 is 0. The highest BCUT2D eigenvalue weighted by atomic mass is 15.5. The minimum atomic E-state index is 0.686. The fraction of sp³-hybridized carbons (Fsp3) is 0.562. The van der Waals surface area contributed by atoms with Gasteiger partial charge < -0.3 is 0 Å². The third-order valence-electron chi connectivity index (χ3n) is 4.41. The molecule has 3 rings (SSSR count). The Bertz CT molecular complexity index is 424. The van der Waals surface area contributed by atoms with Crippen molar-refractivity contribution in [1.29, 1.82) is 0 Å². The van der Waals surface area contributed by atoms with E-state index in [9.17, 15) is 0 Å². The lowest BCUT2D eigenvalue weighted by Crippen LogP contribution is -2.25. The molecule has 2 atom stereocenters. The summed E-state index contributed by atoms with van der Waals surface area (Å²) < 4.78 is 0. The van der Waals surface area contributed by atoms with E-state index in [4.69, 9.17) is 5.10 Å². The molecule has 1 aliphatic carbocycles. The summed E-state index contributed by atoms with van der Waals surface area (Å²) in [5.41, 5.74) is 2.96. The van der Waals surface area contributed by atoms with Crippen LogP contribution in [0.3, 0.4) is 0 Å². The van der Waals surface area contributed by atoms with Gasteiger partial charge in [-0.15, -0.1) is 0 Å². The van der Waals surface area contributed by atoms with E-state index < -0.39 is 0 Å². The fourth-order valence-electron chi connectivity index (χ4n) is 3.48. The second-order valence-electron chi connectivity index (χ2n) is 5.63. The van der Waals surface area contributed by atoms with E-state index in [1.54, 1.807) is 0 Å². The predicted octanol–water partition coefficient (Wildman–Crippen LogP) is 3.65. The van der Waals surface area contributed by atoms with Gasteiger partial charge in [0, 0.05) is 31.6 Å². The van der Waals surface area contributed by atoms with Crippen LogP contribution in [0.15, 0.2) is 35.4 Å². The molecule has 1 aliphatic heterocycles. The molecule has 2 nitrogen and oxygen atoms in total. The van der Waals surface area contributed by atoms with Gasteiger partial charge in [0.05, 0.1) is 0 Å². The van der Waals surface area contributed by atoms with Crippen molar-refractivity contribution in [3.8, 4) is 0 Å². The van der Waals surface area contributed by atoms with Crippen LogP contribution in [-0.4, -0.2) is 24.3 Å². The summed E-state index contributed by atoms with van der Waals surface area (Å²) in [4.78, 5) is 0. The highest BCUT2D eigenvalue weighted by Gasteiger charge is 2.31. The molecule has 2 unspecified atom stereocenters. The van der Waals surface area contributed by atoms with E-state index >= 15 is 0 Å². The largest absolute Gasteiger partial charge is 0.300 e. The SMILES string of the molecule is CN1CCC(C2CCCCC2c2ccccc2)=N1. The third kappa shape index (κ3) is 2.29. The van der Waals surface area contributed by atoms with Gasteiger partial charge in [-0.2, -0.15) is 5.10 Å². The predicted molar refractivity (Wildman–Crippen MR) is 75.8 cm³/mol.